The molecule has 6 nitrogen and oxygen atoms in total. The molecular formula is C8H11N5OS. The summed E-state index contributed by atoms with van der Waals surface area (Å²) < 4.78 is 14.9. The lowest BCUT2D eigenvalue weighted by Gasteiger charge is -2.10. The fourth-order valence-electron chi connectivity index (χ4n) is 1.39. The molecule has 0 radical (unpaired) electrons. The largest absolute Gasteiger partial charge is 0.493 e. The number of ether oxygens (including phenoxy) is 1. The van der Waals surface area contributed by atoms with E-state index in [1.807, 2.05) is 7.05 Å². The number of aromatic nitrogens is 4. The van der Waals surface area contributed by atoms with Gasteiger partial charge in [0.2, 0.25) is 0 Å². The van der Waals surface area contributed by atoms with Gasteiger partial charge in [-0.25, -0.2) is 0 Å². The molecule has 2 aromatic rings. The van der Waals surface area contributed by atoms with Crippen LogP contribution in [0.5, 0.6) is 5.75 Å². The van der Waals surface area contributed by atoms with Crippen LogP contribution in [0.2, 0.25) is 0 Å². The van der Waals surface area contributed by atoms with Gasteiger partial charge >= 0.3 is 0 Å². The van der Waals surface area contributed by atoms with Gasteiger partial charge in [-0.1, -0.05) is 0 Å². The maximum Gasteiger partial charge on any atom is 0.161 e. The number of nitrogens with zero attached hydrogens (tertiary/aromatic N) is 4. The normalized spacial score (nSPS) is 12.7. The van der Waals surface area contributed by atoms with Crippen LogP contribution < -0.4 is 10.5 Å². The minimum absolute atomic E-state index is 0.355. The Hall–Kier alpha value is -1.47. The van der Waals surface area contributed by atoms with Gasteiger partial charge in [0, 0.05) is 7.05 Å². The van der Waals surface area contributed by atoms with E-state index in [0.717, 1.165) is 23.1 Å². The predicted molar refractivity (Wildman–Crippen MR) is 55.7 cm³/mol. The summed E-state index contributed by atoms with van der Waals surface area (Å²) in [4.78, 5) is 0. The van der Waals surface area contributed by atoms with E-state index in [1.165, 1.54) is 0 Å². The summed E-state index contributed by atoms with van der Waals surface area (Å²) in [6.45, 7) is 0. The van der Waals surface area contributed by atoms with Crippen LogP contribution in [0.25, 0.3) is 0 Å². The average Bonchev–Trinajstić information content (AvgIpc) is 2.85. The van der Waals surface area contributed by atoms with Crippen molar-refractivity contribution in [2.45, 2.75) is 6.04 Å². The minimum Gasteiger partial charge on any atom is -0.493 e. The second-order valence-corrected chi connectivity index (χ2v) is 3.59. The van der Waals surface area contributed by atoms with Crippen LogP contribution in [-0.2, 0) is 7.05 Å². The van der Waals surface area contributed by atoms with Gasteiger partial charge in [-0.15, -0.1) is 0 Å². The molecule has 2 N–H and O–H groups in total. The maximum absolute atomic E-state index is 6.05. The molecule has 0 aliphatic rings. The van der Waals surface area contributed by atoms with Gasteiger partial charge in [-0.3, -0.25) is 4.68 Å². The molecule has 7 heteroatoms. The summed E-state index contributed by atoms with van der Waals surface area (Å²) in [5, 5.41) is 4.09. The molecule has 0 spiro atoms. The lowest BCUT2D eigenvalue weighted by atomic mass is 10.1. The minimum atomic E-state index is -0.355. The van der Waals surface area contributed by atoms with E-state index in [2.05, 4.69) is 13.8 Å². The van der Waals surface area contributed by atoms with Gasteiger partial charge < -0.3 is 10.5 Å². The number of nitrogens with two attached hydrogens (primary N) is 1. The van der Waals surface area contributed by atoms with E-state index in [0.29, 0.717) is 5.75 Å². The van der Waals surface area contributed by atoms with E-state index in [-0.39, 0.29) is 6.04 Å². The van der Waals surface area contributed by atoms with Crippen molar-refractivity contribution in [3.8, 4) is 5.75 Å². The van der Waals surface area contributed by atoms with E-state index in [9.17, 15) is 0 Å². The van der Waals surface area contributed by atoms with Crippen molar-refractivity contribution in [2.75, 3.05) is 7.11 Å². The Kier molecular flexibility index (Phi) is 2.65. The molecule has 1 atom stereocenters. The molecule has 0 aliphatic carbocycles. The summed E-state index contributed by atoms with van der Waals surface area (Å²) in [7, 11) is 3.41. The van der Waals surface area contributed by atoms with Crippen molar-refractivity contribution in [1.29, 1.82) is 0 Å². The van der Waals surface area contributed by atoms with E-state index in [1.54, 1.807) is 24.2 Å². The molecule has 0 aromatic carbocycles. The van der Waals surface area contributed by atoms with E-state index in [4.69, 9.17) is 10.5 Å². The highest BCUT2D eigenvalue weighted by atomic mass is 32.1. The van der Waals surface area contributed by atoms with Gasteiger partial charge in [-0.05, 0) is 0 Å². The number of aryl methyl sites for hydroxylation is 1. The molecule has 0 aliphatic heterocycles. The van der Waals surface area contributed by atoms with Gasteiger partial charge in [0.15, 0.2) is 5.75 Å². The Morgan fingerprint density at radius 3 is 2.93 bits per heavy atom. The number of methoxy groups -OCH3 is 1. The molecule has 0 amide bonds. The van der Waals surface area contributed by atoms with Crippen molar-refractivity contribution >= 4 is 11.7 Å². The first-order chi connectivity index (χ1) is 7.24. The van der Waals surface area contributed by atoms with Gasteiger partial charge in [-0.2, -0.15) is 13.8 Å². The highest BCUT2D eigenvalue weighted by Crippen LogP contribution is 2.26. The number of rotatable bonds is 3. The quantitative estimate of drug-likeness (QED) is 0.814. The van der Waals surface area contributed by atoms with Crippen molar-refractivity contribution < 1.29 is 4.74 Å². The molecule has 2 rings (SSSR count). The smallest absolute Gasteiger partial charge is 0.161 e. The number of hydrogen-bond donors (Lipinski definition) is 1. The standard InChI is InChI=1S/C8H11N5OS/c1-13-8(6(14-2)4-10-13)7(9)5-3-11-15-12-5/h3-4,7H,9H2,1-2H3. The molecule has 0 fully saturated rings. The Balaban J connectivity index is 2.40. The summed E-state index contributed by atoms with van der Waals surface area (Å²) >= 11 is 1.13. The van der Waals surface area contributed by atoms with Gasteiger partial charge in [0.1, 0.15) is 5.69 Å². The van der Waals surface area contributed by atoms with Crippen molar-refractivity contribution in [2.24, 2.45) is 12.8 Å². The second kappa shape index (κ2) is 3.95. The highest BCUT2D eigenvalue weighted by molar-refractivity contribution is 6.99. The van der Waals surface area contributed by atoms with Gasteiger partial charge in [0.25, 0.3) is 0 Å². The average molecular weight is 225 g/mol. The molecule has 80 valence electrons. The Morgan fingerprint density at radius 1 is 1.53 bits per heavy atom. The fraction of sp³-hybridized carbons (Fsp3) is 0.375. The fourth-order valence-corrected chi connectivity index (χ4v) is 1.84. The van der Waals surface area contributed by atoms with Crippen LogP contribution in [-0.4, -0.2) is 25.6 Å². The predicted octanol–water partition coefficient (Wildman–Crippen LogP) is 0.328. The third kappa shape index (κ3) is 1.71. The zero-order valence-electron chi connectivity index (χ0n) is 8.41. The van der Waals surface area contributed by atoms with Crippen LogP contribution in [0, 0.1) is 0 Å². The summed E-state index contributed by atoms with van der Waals surface area (Å²) in [6.07, 6.45) is 3.29. The second-order valence-electron chi connectivity index (χ2n) is 3.03. The molecular weight excluding hydrogens is 214 g/mol. The maximum atomic E-state index is 6.05. The van der Waals surface area contributed by atoms with Crippen LogP contribution >= 0.6 is 11.7 Å². The molecule has 2 heterocycles. The Labute approximate surface area is 91.0 Å². The highest BCUT2D eigenvalue weighted by Gasteiger charge is 2.20. The number of hydrogen-bond acceptors (Lipinski definition) is 6. The third-order valence-corrected chi connectivity index (χ3v) is 2.65. The summed E-state index contributed by atoms with van der Waals surface area (Å²) in [5.41, 5.74) is 7.57. The van der Waals surface area contributed by atoms with E-state index >= 15 is 0 Å². The van der Waals surface area contributed by atoms with Crippen molar-refractivity contribution in [3.05, 3.63) is 23.8 Å². The Bertz CT molecular complexity index is 438. The first-order valence-electron chi connectivity index (χ1n) is 4.33. The van der Waals surface area contributed by atoms with Gasteiger partial charge in [0.05, 0.1) is 43.0 Å². The monoisotopic (exact) mass is 225 g/mol. The zero-order chi connectivity index (χ0) is 10.8. The van der Waals surface area contributed by atoms with Crippen LogP contribution in [0.15, 0.2) is 12.4 Å². The molecule has 0 bridgehead atoms. The SMILES string of the molecule is COc1cnn(C)c1C(N)c1cnsn1. The Morgan fingerprint density at radius 2 is 2.33 bits per heavy atom. The zero-order valence-corrected chi connectivity index (χ0v) is 9.23. The van der Waals surface area contributed by atoms with E-state index < -0.39 is 0 Å². The topological polar surface area (TPSA) is 78.9 Å². The van der Waals surface area contributed by atoms with Crippen molar-refractivity contribution in [3.63, 3.8) is 0 Å². The molecule has 1 unspecified atom stereocenters. The molecule has 2 aromatic heterocycles. The van der Waals surface area contributed by atoms with Crippen LogP contribution in [0.1, 0.15) is 17.4 Å². The lowest BCUT2D eigenvalue weighted by Crippen LogP contribution is -2.17. The molecule has 15 heavy (non-hydrogen) atoms. The summed E-state index contributed by atoms with van der Waals surface area (Å²) in [5.74, 6) is 0.665. The molecule has 0 saturated carbocycles. The van der Waals surface area contributed by atoms with Crippen molar-refractivity contribution in [1.82, 2.24) is 18.5 Å². The summed E-state index contributed by atoms with van der Waals surface area (Å²) in [6, 6.07) is -0.355. The first kappa shape index (κ1) is 10.1. The molecule has 0 saturated heterocycles. The third-order valence-electron chi connectivity index (χ3n) is 2.16. The first-order valence-corrected chi connectivity index (χ1v) is 5.06. The van der Waals surface area contributed by atoms with Crippen LogP contribution in [0.3, 0.4) is 0 Å². The van der Waals surface area contributed by atoms with Crippen LogP contribution in [0.4, 0.5) is 0 Å². The lowest BCUT2D eigenvalue weighted by molar-refractivity contribution is 0.405.